The van der Waals surface area contributed by atoms with Crippen LogP contribution in [0, 0.1) is 0 Å². The van der Waals surface area contributed by atoms with Gasteiger partial charge in [-0.25, -0.2) is 4.79 Å². The van der Waals surface area contributed by atoms with Gasteiger partial charge in [0.25, 0.3) is 0 Å². The van der Waals surface area contributed by atoms with Gasteiger partial charge in [0.05, 0.1) is 0 Å². The minimum Gasteiger partial charge on any atom is -0.508 e. The van der Waals surface area contributed by atoms with E-state index in [4.69, 9.17) is 5.73 Å². The van der Waals surface area contributed by atoms with Crippen LogP contribution in [0.3, 0.4) is 0 Å². The van der Waals surface area contributed by atoms with Crippen molar-refractivity contribution in [1.29, 1.82) is 0 Å². The number of carbonyl (C=O) groups is 2. The van der Waals surface area contributed by atoms with Gasteiger partial charge in [-0.2, -0.15) is 0 Å². The Bertz CT molecular complexity index is 531. The summed E-state index contributed by atoms with van der Waals surface area (Å²) in [5.41, 5.74) is 6.24. The molecule has 0 heterocycles. The second kappa shape index (κ2) is 11.5. The molecule has 0 unspecified atom stereocenters. The topological polar surface area (TPSA) is 104 Å². The molecular weight excluding hydrogens is 320 g/mol. The number of rotatable bonds is 12. The number of carboxylic acids is 1. The molecule has 0 aromatic heterocycles. The molecule has 0 saturated carbocycles. The summed E-state index contributed by atoms with van der Waals surface area (Å²) in [5.74, 6) is -1.10. The first-order valence-electron chi connectivity index (χ1n) is 8.93. The van der Waals surface area contributed by atoms with Gasteiger partial charge in [0.15, 0.2) is 0 Å². The van der Waals surface area contributed by atoms with Crippen molar-refractivity contribution >= 4 is 11.9 Å². The Morgan fingerprint density at radius 3 is 2.12 bits per heavy atom. The Labute approximate surface area is 149 Å². The van der Waals surface area contributed by atoms with Crippen molar-refractivity contribution in [3.8, 4) is 5.75 Å². The van der Waals surface area contributed by atoms with Gasteiger partial charge in [0, 0.05) is 19.9 Å². The van der Waals surface area contributed by atoms with E-state index in [0.29, 0.717) is 6.54 Å². The quantitative estimate of drug-likeness (QED) is 0.503. The maximum absolute atomic E-state index is 11.9. The molecule has 1 aromatic rings. The number of aliphatic carboxylic acids is 1. The summed E-state index contributed by atoms with van der Waals surface area (Å²) in [6.45, 7) is 2.57. The van der Waals surface area contributed by atoms with Crippen LogP contribution in [0.25, 0.3) is 0 Å². The van der Waals surface area contributed by atoms with Crippen LogP contribution >= 0.6 is 0 Å². The molecule has 6 nitrogen and oxygen atoms in total. The summed E-state index contributed by atoms with van der Waals surface area (Å²) in [4.78, 5) is 25.1. The molecule has 1 rings (SSSR count). The first-order valence-corrected chi connectivity index (χ1v) is 8.93. The lowest BCUT2D eigenvalue weighted by atomic mass is 10.0. The monoisotopic (exact) mass is 350 g/mol. The van der Waals surface area contributed by atoms with E-state index in [2.05, 4.69) is 0 Å². The number of unbranched alkanes of at least 4 members (excludes halogenated alkanes) is 5. The van der Waals surface area contributed by atoms with Crippen LogP contribution in [-0.2, 0) is 16.0 Å². The molecule has 6 heteroatoms. The molecule has 0 radical (unpaired) electrons. The van der Waals surface area contributed by atoms with Crippen LogP contribution in [0.15, 0.2) is 24.3 Å². The maximum atomic E-state index is 11.9. The zero-order chi connectivity index (χ0) is 18.7. The fourth-order valence-corrected chi connectivity index (χ4v) is 2.85. The molecule has 0 aliphatic heterocycles. The Balaban J connectivity index is 2.57. The van der Waals surface area contributed by atoms with Crippen molar-refractivity contribution in [3.63, 3.8) is 0 Å². The highest BCUT2D eigenvalue weighted by molar-refractivity contribution is 5.82. The number of hydrogen-bond acceptors (Lipinski definition) is 4. The number of carboxylic acid groups (broad SMARTS) is 1. The first kappa shape index (κ1) is 21.0. The minimum absolute atomic E-state index is 0.133. The summed E-state index contributed by atoms with van der Waals surface area (Å²) < 4.78 is 0. The molecule has 0 fully saturated rings. The van der Waals surface area contributed by atoms with E-state index in [0.717, 1.165) is 50.6 Å². The summed E-state index contributed by atoms with van der Waals surface area (Å²) >= 11 is 0. The van der Waals surface area contributed by atoms with Crippen LogP contribution in [0.2, 0.25) is 0 Å². The van der Waals surface area contributed by atoms with Gasteiger partial charge in [0.2, 0.25) is 5.91 Å². The second-order valence-electron chi connectivity index (χ2n) is 6.35. The number of hydrogen-bond donors (Lipinski definition) is 3. The Morgan fingerprint density at radius 1 is 1.04 bits per heavy atom. The molecule has 1 amide bonds. The van der Waals surface area contributed by atoms with Crippen LogP contribution < -0.4 is 5.73 Å². The standard InChI is InChI=1S/C19H30N2O4/c1-15(22)21(13-7-5-3-2-4-6-12-20)18(19(24)25)14-16-8-10-17(23)11-9-16/h8-11,18,23H,2-7,12-14,20H2,1H3,(H,24,25)/t18-/m0/s1. The van der Waals surface area contributed by atoms with Gasteiger partial charge < -0.3 is 20.8 Å². The summed E-state index contributed by atoms with van der Waals surface area (Å²) in [6, 6.07) is 5.52. The predicted molar refractivity (Wildman–Crippen MR) is 97.4 cm³/mol. The lowest BCUT2D eigenvalue weighted by Gasteiger charge is -2.28. The minimum atomic E-state index is -1.01. The van der Waals surface area contributed by atoms with Crippen molar-refractivity contribution in [3.05, 3.63) is 29.8 Å². The molecule has 25 heavy (non-hydrogen) atoms. The van der Waals surface area contributed by atoms with Crippen LogP contribution in [-0.4, -0.2) is 46.1 Å². The van der Waals surface area contributed by atoms with Gasteiger partial charge in [0.1, 0.15) is 11.8 Å². The summed E-state index contributed by atoms with van der Waals surface area (Å²) in [7, 11) is 0. The van der Waals surface area contributed by atoms with E-state index in [1.165, 1.54) is 24.0 Å². The van der Waals surface area contributed by atoms with Crippen LogP contribution in [0.5, 0.6) is 5.75 Å². The number of nitrogens with zero attached hydrogens (tertiary/aromatic N) is 1. The molecule has 1 atom stereocenters. The predicted octanol–water partition coefficient (Wildman–Crippen LogP) is 2.54. The van der Waals surface area contributed by atoms with Crippen molar-refractivity contribution in [2.24, 2.45) is 5.73 Å². The number of aromatic hydroxyl groups is 1. The molecule has 1 aromatic carbocycles. The molecule has 0 aliphatic rings. The molecule has 140 valence electrons. The van der Waals surface area contributed by atoms with Crippen molar-refractivity contribution in [2.75, 3.05) is 13.1 Å². The number of carbonyl (C=O) groups excluding carboxylic acids is 1. The first-order chi connectivity index (χ1) is 12.0. The van der Waals surface area contributed by atoms with E-state index < -0.39 is 12.0 Å². The Kier molecular flexibility index (Phi) is 9.62. The van der Waals surface area contributed by atoms with Gasteiger partial charge >= 0.3 is 5.97 Å². The van der Waals surface area contributed by atoms with Gasteiger partial charge in [-0.1, -0.05) is 37.8 Å². The molecule has 0 bridgehead atoms. The number of amides is 1. The maximum Gasteiger partial charge on any atom is 0.326 e. The molecule has 0 aliphatic carbocycles. The number of nitrogens with two attached hydrogens (primary N) is 1. The molecule has 0 saturated heterocycles. The third kappa shape index (κ3) is 8.03. The average molecular weight is 350 g/mol. The van der Waals surface area contributed by atoms with Gasteiger partial charge in [-0.3, -0.25) is 4.79 Å². The molecule has 0 spiro atoms. The lowest BCUT2D eigenvalue weighted by Crippen LogP contribution is -2.46. The fraction of sp³-hybridized carbons (Fsp3) is 0.579. The van der Waals surface area contributed by atoms with Crippen LogP contribution in [0.4, 0.5) is 0 Å². The third-order valence-corrected chi connectivity index (χ3v) is 4.28. The van der Waals surface area contributed by atoms with Gasteiger partial charge in [-0.15, -0.1) is 0 Å². The smallest absolute Gasteiger partial charge is 0.326 e. The fourth-order valence-electron chi connectivity index (χ4n) is 2.85. The highest BCUT2D eigenvalue weighted by atomic mass is 16.4. The highest BCUT2D eigenvalue weighted by Crippen LogP contribution is 2.15. The van der Waals surface area contributed by atoms with Crippen molar-refractivity contribution in [1.82, 2.24) is 4.90 Å². The zero-order valence-corrected chi connectivity index (χ0v) is 15.0. The van der Waals surface area contributed by atoms with Gasteiger partial charge in [-0.05, 0) is 37.1 Å². The molecular formula is C19H30N2O4. The van der Waals surface area contributed by atoms with E-state index in [-0.39, 0.29) is 18.1 Å². The normalized spacial score (nSPS) is 11.9. The number of benzene rings is 1. The Morgan fingerprint density at radius 2 is 1.60 bits per heavy atom. The number of phenolic OH excluding ortho intramolecular Hbond substituents is 1. The van der Waals surface area contributed by atoms with E-state index in [9.17, 15) is 19.8 Å². The summed E-state index contributed by atoms with van der Waals surface area (Å²) in [5, 5.41) is 18.9. The SMILES string of the molecule is CC(=O)N(CCCCCCCCN)[C@@H](Cc1ccc(O)cc1)C(=O)O. The van der Waals surface area contributed by atoms with Crippen LogP contribution in [0.1, 0.15) is 51.0 Å². The number of phenols is 1. The van der Waals surface area contributed by atoms with E-state index in [1.54, 1.807) is 12.1 Å². The molecule has 4 N–H and O–H groups in total. The zero-order valence-electron chi connectivity index (χ0n) is 15.0. The lowest BCUT2D eigenvalue weighted by molar-refractivity contribution is -0.149. The van der Waals surface area contributed by atoms with E-state index >= 15 is 0 Å². The largest absolute Gasteiger partial charge is 0.508 e. The van der Waals surface area contributed by atoms with Crippen molar-refractivity contribution in [2.45, 2.75) is 57.9 Å². The van der Waals surface area contributed by atoms with E-state index in [1.807, 2.05) is 0 Å². The third-order valence-electron chi connectivity index (χ3n) is 4.28. The second-order valence-corrected chi connectivity index (χ2v) is 6.35. The summed E-state index contributed by atoms with van der Waals surface area (Å²) in [6.07, 6.45) is 6.33. The van der Waals surface area contributed by atoms with Crippen molar-refractivity contribution < 1.29 is 19.8 Å². The average Bonchev–Trinajstić information content (AvgIpc) is 2.57. The highest BCUT2D eigenvalue weighted by Gasteiger charge is 2.27. The Hall–Kier alpha value is -2.08.